The fourth-order valence-electron chi connectivity index (χ4n) is 3.21. The number of nitrogens with one attached hydrogen (secondary N) is 2. The Labute approximate surface area is 170 Å². The van der Waals surface area contributed by atoms with Crippen molar-refractivity contribution in [2.75, 3.05) is 31.2 Å². The molecular formula is C20H28N6OS. The first-order chi connectivity index (χ1) is 13.4. The molecule has 28 heavy (non-hydrogen) atoms. The number of anilines is 1. The zero-order valence-corrected chi connectivity index (χ0v) is 17.5. The van der Waals surface area contributed by atoms with E-state index in [4.69, 9.17) is 0 Å². The largest absolute Gasteiger partial charge is 0.352 e. The predicted molar refractivity (Wildman–Crippen MR) is 116 cm³/mol. The highest BCUT2D eigenvalue weighted by Crippen LogP contribution is 2.29. The van der Waals surface area contributed by atoms with Crippen molar-refractivity contribution in [2.45, 2.75) is 31.7 Å². The van der Waals surface area contributed by atoms with Crippen molar-refractivity contribution in [3.63, 3.8) is 0 Å². The van der Waals surface area contributed by atoms with Crippen molar-refractivity contribution >= 4 is 29.3 Å². The number of amides is 1. The smallest absolute Gasteiger partial charge is 0.246 e. The number of carbonyl (C=O) groups excluding carboxylic acids is 1. The number of benzene rings is 1. The molecule has 1 aromatic heterocycles. The third-order valence-electron chi connectivity index (χ3n) is 4.46. The summed E-state index contributed by atoms with van der Waals surface area (Å²) in [6.07, 6.45) is 3.43. The number of carbonyl (C=O) groups is 1. The van der Waals surface area contributed by atoms with Crippen LogP contribution in [0.25, 0.3) is 0 Å². The number of hydrogen-bond donors (Lipinski definition) is 2. The Kier molecular flexibility index (Phi) is 6.61. The van der Waals surface area contributed by atoms with Crippen molar-refractivity contribution < 1.29 is 4.79 Å². The third kappa shape index (κ3) is 5.76. The first-order valence-electron chi connectivity index (χ1n) is 9.41. The first kappa shape index (κ1) is 20.3. The minimum absolute atomic E-state index is 0.0994. The normalized spacial score (nSPS) is 16.7. The molecule has 0 aliphatic carbocycles. The van der Waals surface area contributed by atoms with Gasteiger partial charge in [-0.3, -0.25) is 14.5 Å². The molecule has 1 fully saturated rings. The van der Waals surface area contributed by atoms with Gasteiger partial charge in [-0.2, -0.15) is 16.9 Å². The highest BCUT2D eigenvalue weighted by atomic mass is 32.2. The van der Waals surface area contributed by atoms with E-state index in [1.165, 1.54) is 0 Å². The zero-order chi connectivity index (χ0) is 20.0. The SMILES string of the molecule is CN=C(NCc1cccc(NC(=O)Cn2cccn2)c1)N1CCSC(C)(C)C1. The predicted octanol–water partition coefficient (Wildman–Crippen LogP) is 2.42. The molecule has 0 bridgehead atoms. The molecule has 7 nitrogen and oxygen atoms in total. The second-order valence-electron chi connectivity index (χ2n) is 7.38. The molecule has 8 heteroatoms. The monoisotopic (exact) mass is 400 g/mol. The second-order valence-corrected chi connectivity index (χ2v) is 9.18. The Morgan fingerprint density at radius 2 is 2.21 bits per heavy atom. The highest BCUT2D eigenvalue weighted by Gasteiger charge is 2.28. The number of rotatable bonds is 5. The van der Waals surface area contributed by atoms with Crippen molar-refractivity contribution in [1.82, 2.24) is 20.0 Å². The van der Waals surface area contributed by atoms with Gasteiger partial charge in [-0.05, 0) is 37.6 Å². The van der Waals surface area contributed by atoms with Crippen LogP contribution < -0.4 is 10.6 Å². The Morgan fingerprint density at radius 3 is 2.93 bits per heavy atom. The van der Waals surface area contributed by atoms with Crippen LogP contribution in [0.15, 0.2) is 47.7 Å². The van der Waals surface area contributed by atoms with E-state index < -0.39 is 0 Å². The van der Waals surface area contributed by atoms with Gasteiger partial charge in [-0.15, -0.1) is 0 Å². The van der Waals surface area contributed by atoms with Gasteiger partial charge in [0.2, 0.25) is 5.91 Å². The van der Waals surface area contributed by atoms with E-state index in [9.17, 15) is 4.79 Å². The fourth-order valence-corrected chi connectivity index (χ4v) is 4.32. The molecule has 3 rings (SSSR count). The van der Waals surface area contributed by atoms with E-state index in [1.54, 1.807) is 23.1 Å². The molecule has 0 saturated carbocycles. The number of thioether (sulfide) groups is 1. The number of nitrogens with zero attached hydrogens (tertiary/aromatic N) is 4. The average Bonchev–Trinajstić information content (AvgIpc) is 3.14. The maximum atomic E-state index is 12.2. The van der Waals surface area contributed by atoms with Gasteiger partial charge in [0.05, 0.1) is 0 Å². The van der Waals surface area contributed by atoms with Crippen LogP contribution in [0, 0.1) is 0 Å². The summed E-state index contributed by atoms with van der Waals surface area (Å²) in [5, 5.41) is 10.4. The van der Waals surface area contributed by atoms with Crippen LogP contribution in [0.5, 0.6) is 0 Å². The summed E-state index contributed by atoms with van der Waals surface area (Å²) in [5.41, 5.74) is 1.87. The van der Waals surface area contributed by atoms with Crippen molar-refractivity contribution in [2.24, 2.45) is 4.99 Å². The molecule has 1 aliphatic heterocycles. The average molecular weight is 401 g/mol. The lowest BCUT2D eigenvalue weighted by Gasteiger charge is -2.39. The van der Waals surface area contributed by atoms with Crippen molar-refractivity contribution in [3.8, 4) is 0 Å². The lowest BCUT2D eigenvalue weighted by atomic mass is 10.2. The van der Waals surface area contributed by atoms with Gasteiger partial charge in [-0.1, -0.05) is 12.1 Å². The summed E-state index contributed by atoms with van der Waals surface area (Å²) in [6, 6.07) is 9.67. The maximum Gasteiger partial charge on any atom is 0.246 e. The lowest BCUT2D eigenvalue weighted by molar-refractivity contribution is -0.116. The molecule has 1 aromatic carbocycles. The second kappa shape index (κ2) is 9.14. The summed E-state index contributed by atoms with van der Waals surface area (Å²) in [4.78, 5) is 18.9. The third-order valence-corrected chi connectivity index (χ3v) is 5.76. The Bertz CT molecular complexity index is 818. The van der Waals surface area contributed by atoms with Crippen LogP contribution in [0.4, 0.5) is 5.69 Å². The lowest BCUT2D eigenvalue weighted by Crippen LogP contribution is -2.50. The molecule has 2 aromatic rings. The van der Waals surface area contributed by atoms with Gasteiger partial charge in [0.15, 0.2) is 5.96 Å². The summed E-state index contributed by atoms with van der Waals surface area (Å²) < 4.78 is 1.83. The van der Waals surface area contributed by atoms with Crippen LogP contribution in [0.2, 0.25) is 0 Å². The number of aromatic nitrogens is 2. The van der Waals surface area contributed by atoms with Gasteiger partial charge < -0.3 is 15.5 Å². The molecule has 1 amide bonds. The topological polar surface area (TPSA) is 74.5 Å². The highest BCUT2D eigenvalue weighted by molar-refractivity contribution is 8.00. The Hall–Kier alpha value is -2.48. The van der Waals surface area contributed by atoms with E-state index >= 15 is 0 Å². The van der Waals surface area contributed by atoms with Crippen LogP contribution in [-0.4, -0.2) is 57.2 Å². The van der Waals surface area contributed by atoms with E-state index in [-0.39, 0.29) is 17.2 Å². The molecule has 0 atom stereocenters. The molecule has 2 heterocycles. The van der Waals surface area contributed by atoms with Crippen LogP contribution >= 0.6 is 11.8 Å². The van der Waals surface area contributed by atoms with E-state index in [0.29, 0.717) is 6.54 Å². The van der Waals surface area contributed by atoms with Gasteiger partial charge in [0, 0.05) is 55.3 Å². The van der Waals surface area contributed by atoms with Crippen LogP contribution in [0.3, 0.4) is 0 Å². The Balaban J connectivity index is 1.55. The molecule has 0 radical (unpaired) electrons. The van der Waals surface area contributed by atoms with Gasteiger partial charge >= 0.3 is 0 Å². The van der Waals surface area contributed by atoms with Gasteiger partial charge in [-0.25, -0.2) is 0 Å². The van der Waals surface area contributed by atoms with Gasteiger partial charge in [0.1, 0.15) is 6.54 Å². The van der Waals surface area contributed by atoms with Crippen LogP contribution in [0.1, 0.15) is 19.4 Å². The maximum absolute atomic E-state index is 12.2. The van der Waals surface area contributed by atoms with E-state index in [2.05, 4.69) is 39.5 Å². The Morgan fingerprint density at radius 1 is 1.36 bits per heavy atom. The first-order valence-corrected chi connectivity index (χ1v) is 10.4. The van der Waals surface area contributed by atoms with Gasteiger partial charge in [0.25, 0.3) is 0 Å². The number of hydrogen-bond acceptors (Lipinski definition) is 4. The summed E-state index contributed by atoms with van der Waals surface area (Å²) >= 11 is 2.00. The quantitative estimate of drug-likeness (QED) is 0.596. The molecule has 1 aliphatic rings. The molecule has 1 saturated heterocycles. The van der Waals surface area contributed by atoms with Crippen molar-refractivity contribution in [1.29, 1.82) is 0 Å². The fraction of sp³-hybridized carbons (Fsp3) is 0.450. The summed E-state index contributed by atoms with van der Waals surface area (Å²) in [5.74, 6) is 1.92. The van der Waals surface area contributed by atoms with E-state index in [0.717, 1.165) is 36.1 Å². The van der Waals surface area contributed by atoms with Crippen molar-refractivity contribution in [3.05, 3.63) is 48.3 Å². The molecule has 0 spiro atoms. The number of aliphatic imine (C=N–C) groups is 1. The summed E-state index contributed by atoms with van der Waals surface area (Å²) in [6.45, 7) is 7.36. The minimum Gasteiger partial charge on any atom is -0.352 e. The molecule has 0 unspecified atom stereocenters. The number of guanidine groups is 1. The molecule has 2 N–H and O–H groups in total. The standard InChI is InChI=1S/C20H28N6OS/c1-20(2)15-25(10-11-28-20)19(21-3)22-13-16-6-4-7-17(12-16)24-18(27)14-26-9-5-8-23-26/h4-9,12H,10-11,13-15H2,1-3H3,(H,21,22)(H,24,27). The minimum atomic E-state index is -0.0994. The summed E-state index contributed by atoms with van der Waals surface area (Å²) in [7, 11) is 1.82. The molecule has 150 valence electrons. The zero-order valence-electron chi connectivity index (χ0n) is 16.7. The van der Waals surface area contributed by atoms with E-state index in [1.807, 2.05) is 43.1 Å². The van der Waals surface area contributed by atoms with Crippen LogP contribution in [-0.2, 0) is 17.9 Å². The molecular weight excluding hydrogens is 372 g/mol.